The first-order valence-electron chi connectivity index (χ1n) is 9.76. The van der Waals surface area contributed by atoms with Crippen LogP contribution in [0.4, 0.5) is 8.78 Å². The molecule has 5 heterocycles. The van der Waals surface area contributed by atoms with E-state index in [2.05, 4.69) is 43.8 Å². The first-order chi connectivity index (χ1) is 16.2. The van der Waals surface area contributed by atoms with Crippen molar-refractivity contribution in [3.63, 3.8) is 0 Å². The summed E-state index contributed by atoms with van der Waals surface area (Å²) in [6.07, 6.45) is 0. The fraction of sp³-hybridized carbons (Fsp3) is 0. The van der Waals surface area contributed by atoms with Gasteiger partial charge in [0, 0.05) is 19.2 Å². The summed E-state index contributed by atoms with van der Waals surface area (Å²) in [5, 5.41) is 10.7. The van der Waals surface area contributed by atoms with Gasteiger partial charge in [-0.05, 0) is 68.7 Å². The second-order valence-electron chi connectivity index (χ2n) is 7.06. The first-order valence-corrected chi connectivity index (χ1v) is 14.0. The average molecular weight is 527 g/mol. The highest BCUT2D eigenvalue weighted by Gasteiger charge is 2.25. The van der Waals surface area contributed by atoms with Crippen LogP contribution in [0.15, 0.2) is 70.1 Å². The fourth-order valence-electron chi connectivity index (χ4n) is 3.65. The Morgan fingerprint density at radius 3 is 1.48 bits per heavy atom. The molecule has 0 aliphatic heterocycles. The van der Waals surface area contributed by atoms with Gasteiger partial charge in [-0.3, -0.25) is 0 Å². The number of hydrogen-bond acceptors (Lipinski definition) is 7. The normalized spacial score (nSPS) is 11.3. The zero-order chi connectivity index (χ0) is 22.4. The van der Waals surface area contributed by atoms with E-state index in [4.69, 9.17) is 0 Å². The number of nitrogens with zero attached hydrogens (tertiary/aromatic N) is 2. The number of halogens is 2. The maximum atomic E-state index is 14.6. The van der Waals surface area contributed by atoms with E-state index in [0.29, 0.717) is 20.8 Å². The van der Waals surface area contributed by atoms with Crippen LogP contribution in [0, 0.1) is 11.6 Å². The van der Waals surface area contributed by atoms with Crippen LogP contribution in [0.25, 0.3) is 52.1 Å². The summed E-state index contributed by atoms with van der Waals surface area (Å²) in [6, 6.07) is 16.0. The maximum Gasteiger partial charge on any atom is 0.170 e. The molecule has 33 heavy (non-hydrogen) atoms. The standard InChI is InChI=1S/C14H6F2N2S3.C10H6S2/c15-11-9(7-3-1-5-19-7)13-14(18-21-17-13)10(12(11)16)8-4-2-6-20-8;1-3-11-9-6-8-2-4-12-10(8)5-7(1)9/h1-6H;1-6H. The molecule has 162 valence electrons. The van der Waals surface area contributed by atoms with Crippen molar-refractivity contribution in [1.29, 1.82) is 0 Å². The van der Waals surface area contributed by atoms with Crippen molar-refractivity contribution in [1.82, 2.24) is 8.75 Å². The van der Waals surface area contributed by atoms with Crippen molar-refractivity contribution in [3.05, 3.63) is 81.7 Å². The maximum absolute atomic E-state index is 14.6. The van der Waals surface area contributed by atoms with Crippen LogP contribution in [-0.4, -0.2) is 8.75 Å². The number of hydrogen-bond donors (Lipinski definition) is 0. The molecule has 0 aliphatic rings. The molecule has 7 rings (SSSR count). The zero-order valence-electron chi connectivity index (χ0n) is 16.6. The van der Waals surface area contributed by atoms with Gasteiger partial charge in [-0.2, -0.15) is 8.75 Å². The Morgan fingerprint density at radius 2 is 1.06 bits per heavy atom. The first kappa shape index (κ1) is 21.0. The molecule has 0 bridgehead atoms. The monoisotopic (exact) mass is 526 g/mol. The van der Waals surface area contributed by atoms with Crippen LogP contribution < -0.4 is 0 Å². The number of benzene rings is 2. The van der Waals surface area contributed by atoms with E-state index in [0.717, 1.165) is 11.7 Å². The van der Waals surface area contributed by atoms with Gasteiger partial charge in [0.25, 0.3) is 0 Å². The summed E-state index contributed by atoms with van der Waals surface area (Å²) in [5.74, 6) is -1.72. The molecule has 2 aromatic carbocycles. The lowest BCUT2D eigenvalue weighted by molar-refractivity contribution is 0.516. The lowest BCUT2D eigenvalue weighted by atomic mass is 10.0. The van der Waals surface area contributed by atoms with Crippen molar-refractivity contribution < 1.29 is 8.78 Å². The van der Waals surface area contributed by atoms with Crippen LogP contribution >= 0.6 is 57.1 Å². The Balaban J connectivity index is 0.000000145. The van der Waals surface area contributed by atoms with Gasteiger partial charge in [-0.25, -0.2) is 8.78 Å². The Kier molecular flexibility index (Phi) is 5.51. The number of fused-ring (bicyclic) bond motifs is 3. The molecular formula is C24H12F2N2S5. The molecule has 0 unspecified atom stereocenters. The molecule has 2 nitrogen and oxygen atoms in total. The van der Waals surface area contributed by atoms with Crippen molar-refractivity contribution in [2.24, 2.45) is 0 Å². The third kappa shape index (κ3) is 3.70. The molecule has 0 atom stereocenters. The van der Waals surface area contributed by atoms with Crippen molar-refractivity contribution >= 4 is 88.3 Å². The van der Waals surface area contributed by atoms with Crippen LogP contribution in [0.1, 0.15) is 0 Å². The molecule has 0 spiro atoms. The van der Waals surface area contributed by atoms with Crippen LogP contribution in [0.5, 0.6) is 0 Å². The van der Waals surface area contributed by atoms with E-state index in [1.807, 2.05) is 33.4 Å². The second kappa shape index (κ2) is 8.66. The Morgan fingerprint density at radius 1 is 0.576 bits per heavy atom. The van der Waals surface area contributed by atoms with Crippen LogP contribution in [0.3, 0.4) is 0 Å². The highest BCUT2D eigenvalue weighted by molar-refractivity contribution is 7.18. The second-order valence-corrected chi connectivity index (χ2v) is 11.4. The predicted octanol–water partition coefficient (Wildman–Crippen LogP) is 9.54. The zero-order valence-corrected chi connectivity index (χ0v) is 20.7. The third-order valence-corrected chi connectivity index (χ3v) is 9.22. The highest BCUT2D eigenvalue weighted by Crippen LogP contribution is 2.41. The summed E-state index contributed by atoms with van der Waals surface area (Å²) in [6.45, 7) is 0. The van der Waals surface area contributed by atoms with E-state index < -0.39 is 11.6 Å². The number of aromatic nitrogens is 2. The lowest BCUT2D eigenvalue weighted by Crippen LogP contribution is -1.95. The van der Waals surface area contributed by atoms with E-state index in [-0.39, 0.29) is 11.1 Å². The van der Waals surface area contributed by atoms with Crippen LogP contribution in [-0.2, 0) is 0 Å². The van der Waals surface area contributed by atoms with E-state index >= 15 is 0 Å². The summed E-state index contributed by atoms with van der Waals surface area (Å²) in [5.41, 5.74) is 1.24. The quantitative estimate of drug-likeness (QED) is 0.224. The molecule has 0 aliphatic carbocycles. The molecule has 0 N–H and O–H groups in total. The summed E-state index contributed by atoms with van der Waals surface area (Å²) < 4.78 is 40.3. The predicted molar refractivity (Wildman–Crippen MR) is 141 cm³/mol. The highest BCUT2D eigenvalue weighted by atomic mass is 32.1. The fourth-order valence-corrected chi connectivity index (χ4v) is 7.38. The number of thiophene rings is 4. The molecular weight excluding hydrogens is 515 g/mol. The Hall–Kier alpha value is -2.56. The van der Waals surface area contributed by atoms with Gasteiger partial charge in [0.05, 0.1) is 22.9 Å². The summed E-state index contributed by atoms with van der Waals surface area (Å²) in [4.78, 5) is 1.31. The minimum atomic E-state index is -0.860. The van der Waals surface area contributed by atoms with Gasteiger partial charge < -0.3 is 0 Å². The smallest absolute Gasteiger partial charge is 0.170 e. The molecule has 0 saturated carbocycles. The van der Waals surface area contributed by atoms with Gasteiger partial charge in [0.15, 0.2) is 11.6 Å². The van der Waals surface area contributed by atoms with E-state index in [1.165, 1.54) is 42.8 Å². The summed E-state index contributed by atoms with van der Waals surface area (Å²) >= 11 is 7.30. The van der Waals surface area contributed by atoms with E-state index in [9.17, 15) is 8.78 Å². The Labute approximate surface area is 207 Å². The summed E-state index contributed by atoms with van der Waals surface area (Å²) in [7, 11) is 0. The lowest BCUT2D eigenvalue weighted by Gasteiger charge is -2.07. The topological polar surface area (TPSA) is 25.8 Å². The van der Waals surface area contributed by atoms with Gasteiger partial charge in [-0.15, -0.1) is 45.3 Å². The molecule has 5 aromatic heterocycles. The minimum Gasteiger partial charge on any atom is -0.203 e. The van der Waals surface area contributed by atoms with Gasteiger partial charge in [0.1, 0.15) is 11.0 Å². The molecule has 0 fully saturated rings. The Bertz CT molecular complexity index is 1530. The SMILES string of the molecule is Fc1c(F)c(-c2cccs2)c2nsnc2c1-c1cccs1.c1cc2cc3sccc3cc2s1. The average Bonchev–Trinajstić information content (AvgIpc) is 3.64. The number of rotatable bonds is 2. The van der Waals surface area contributed by atoms with Gasteiger partial charge in [-0.1, -0.05) is 12.1 Å². The molecule has 9 heteroatoms. The van der Waals surface area contributed by atoms with Crippen LogP contribution in [0.2, 0.25) is 0 Å². The van der Waals surface area contributed by atoms with Gasteiger partial charge >= 0.3 is 0 Å². The van der Waals surface area contributed by atoms with Gasteiger partial charge in [0.2, 0.25) is 0 Å². The molecule has 0 radical (unpaired) electrons. The van der Waals surface area contributed by atoms with E-state index in [1.54, 1.807) is 24.3 Å². The minimum absolute atomic E-state index is 0.201. The van der Waals surface area contributed by atoms with Crippen molar-refractivity contribution in [2.45, 2.75) is 0 Å². The molecule has 0 amide bonds. The van der Waals surface area contributed by atoms with Crippen molar-refractivity contribution in [3.8, 4) is 20.9 Å². The largest absolute Gasteiger partial charge is 0.203 e. The molecule has 0 saturated heterocycles. The molecule has 7 aromatic rings. The third-order valence-electron chi connectivity index (χ3n) is 5.16. The van der Waals surface area contributed by atoms with Crippen molar-refractivity contribution in [2.75, 3.05) is 0 Å².